The summed E-state index contributed by atoms with van der Waals surface area (Å²) in [6.45, 7) is 12.9. The fraction of sp³-hybridized carbons (Fsp3) is 0.556. The largest absolute Gasteiger partial charge is 0.456 e. The molecule has 0 aromatic heterocycles. The molecule has 4 N–H and O–H groups in total. The minimum absolute atomic E-state index is 0.0126. The fourth-order valence-corrected chi connectivity index (χ4v) is 9.80. The highest BCUT2D eigenvalue weighted by Gasteiger charge is 2.78. The van der Waals surface area contributed by atoms with Gasteiger partial charge in [-0.3, -0.25) is 14.4 Å². The summed E-state index contributed by atoms with van der Waals surface area (Å²) in [6.07, 6.45) is -11.5. The van der Waals surface area contributed by atoms with E-state index >= 15 is 4.79 Å². The van der Waals surface area contributed by atoms with E-state index in [2.05, 4.69) is 5.32 Å². The van der Waals surface area contributed by atoms with Crippen molar-refractivity contribution in [3.8, 4) is 0 Å². The third-order valence-corrected chi connectivity index (χ3v) is 12.8. The third kappa shape index (κ3) is 7.94. The summed E-state index contributed by atoms with van der Waals surface area (Å²) in [5, 5.41) is 39.9. The molecule has 0 unspecified atom stereocenters. The Labute approximate surface area is 353 Å². The Morgan fingerprint density at radius 1 is 0.902 bits per heavy atom. The van der Waals surface area contributed by atoms with Crippen LogP contribution >= 0.6 is 0 Å². The van der Waals surface area contributed by atoms with Crippen LogP contribution in [-0.2, 0) is 47.6 Å². The fourth-order valence-electron chi connectivity index (χ4n) is 9.80. The Balaban J connectivity index is 1.54. The molecule has 1 saturated heterocycles. The number of ether oxygens (including phenoxy) is 6. The molecule has 1 heterocycles. The molecule has 16 heteroatoms. The van der Waals surface area contributed by atoms with E-state index in [0.717, 1.165) is 13.8 Å². The van der Waals surface area contributed by atoms with Crippen LogP contribution < -0.4 is 5.32 Å². The number of benzene rings is 2. The van der Waals surface area contributed by atoms with Crippen molar-refractivity contribution in [2.75, 3.05) is 6.61 Å². The second kappa shape index (κ2) is 16.3. The molecular formula is C45H55NO15. The highest BCUT2D eigenvalue weighted by atomic mass is 16.6. The SMILES string of the molecule is CC(=O)O[C@H]1C(=O)[C@@]2(C)[C@H]([C@H](OC(=O)c3ccccc3)[C@]3(O)C[C@H](OC(=O)[C@@H](O)[C@@H](NC(=O)OC(C)(C)C)c4ccccc4)C(C)=C1C3(C)C)[C@]1(OC(C)=O)CO[C@@H]1C[C@@H]2O. The number of Topliss-reactive ketones (excluding diaryl/α,β-unsaturated/α-hetero) is 1. The van der Waals surface area contributed by atoms with Gasteiger partial charge in [-0.05, 0) is 63.5 Å². The smallest absolute Gasteiger partial charge is 0.408 e. The van der Waals surface area contributed by atoms with Gasteiger partial charge in [-0.15, -0.1) is 0 Å². The van der Waals surface area contributed by atoms with Gasteiger partial charge in [0.2, 0.25) is 0 Å². The lowest BCUT2D eigenvalue weighted by atomic mass is 9.44. The van der Waals surface area contributed by atoms with Crippen molar-refractivity contribution < 1.29 is 72.5 Å². The summed E-state index contributed by atoms with van der Waals surface area (Å²) >= 11 is 0. The van der Waals surface area contributed by atoms with Crippen LogP contribution in [0.2, 0.25) is 0 Å². The molecule has 2 aromatic carbocycles. The Morgan fingerprint density at radius 2 is 1.51 bits per heavy atom. The first kappa shape index (κ1) is 45.4. The number of aliphatic hydroxyl groups is 3. The van der Waals surface area contributed by atoms with Gasteiger partial charge in [-0.1, -0.05) is 62.4 Å². The number of rotatable bonds is 9. The van der Waals surface area contributed by atoms with E-state index in [1.54, 1.807) is 83.1 Å². The van der Waals surface area contributed by atoms with Crippen molar-refractivity contribution in [3.05, 3.63) is 82.9 Å². The van der Waals surface area contributed by atoms with E-state index in [1.165, 1.54) is 26.0 Å². The standard InChI is InChI=1S/C45H55NO15/c1-23-28(58-39(53)33(50)32(26-16-12-10-13-17-26)46-40(54)61-41(4,5)6)21-45(55)37(59-38(52)27-18-14-11-15-19-27)35-43(9,29(49)20-30-44(35,22-56-30)60-25(3)48)36(51)34(57-24(2)47)31(23)42(45,7)8/h10-19,28-30,32-35,37,49-50,55H,20-22H2,1-9H3,(H,46,54)/t28-,29-,30+,32-,33-,34+,35-,37-,43+,44-,45+/m0/s1. The average molecular weight is 850 g/mol. The molecule has 4 aliphatic rings. The van der Waals surface area contributed by atoms with Crippen molar-refractivity contribution in [1.29, 1.82) is 0 Å². The lowest BCUT2D eigenvalue weighted by molar-refractivity contribution is -0.346. The number of nitrogens with one attached hydrogen (secondary N) is 1. The van der Waals surface area contributed by atoms with Gasteiger partial charge in [0, 0.05) is 32.1 Å². The van der Waals surface area contributed by atoms with E-state index < -0.39 is 118 Å². The van der Waals surface area contributed by atoms with E-state index in [4.69, 9.17) is 28.4 Å². The Bertz CT molecular complexity index is 2100. The van der Waals surface area contributed by atoms with Crippen LogP contribution in [0.4, 0.5) is 4.79 Å². The topological polar surface area (TPSA) is 231 Å². The molecule has 2 aromatic rings. The molecule has 0 radical (unpaired) electrons. The summed E-state index contributed by atoms with van der Waals surface area (Å²) in [5.41, 5.74) is -8.30. The molecular weight excluding hydrogens is 794 g/mol. The summed E-state index contributed by atoms with van der Waals surface area (Å²) in [7, 11) is 0. The number of hydrogen-bond acceptors (Lipinski definition) is 15. The van der Waals surface area contributed by atoms with Gasteiger partial charge in [-0.2, -0.15) is 0 Å². The van der Waals surface area contributed by atoms with E-state index in [0.29, 0.717) is 5.56 Å². The van der Waals surface area contributed by atoms with Crippen LogP contribution in [0.5, 0.6) is 0 Å². The van der Waals surface area contributed by atoms with Gasteiger partial charge in [0.05, 0.1) is 35.6 Å². The first-order valence-electron chi connectivity index (χ1n) is 20.2. The zero-order chi connectivity index (χ0) is 45.0. The maximum Gasteiger partial charge on any atom is 0.408 e. The zero-order valence-corrected chi connectivity index (χ0v) is 35.8. The van der Waals surface area contributed by atoms with Crippen LogP contribution in [0.3, 0.4) is 0 Å². The number of carbonyl (C=O) groups is 6. The average Bonchev–Trinajstić information content (AvgIpc) is 3.17. The van der Waals surface area contributed by atoms with Gasteiger partial charge >= 0.3 is 30.0 Å². The summed E-state index contributed by atoms with van der Waals surface area (Å²) in [6, 6.07) is 14.5. The Kier molecular flexibility index (Phi) is 12.1. The summed E-state index contributed by atoms with van der Waals surface area (Å²) in [4.78, 5) is 82.9. The molecule has 16 nitrogen and oxygen atoms in total. The van der Waals surface area contributed by atoms with Crippen LogP contribution in [0.15, 0.2) is 71.8 Å². The molecule has 0 spiro atoms. The summed E-state index contributed by atoms with van der Waals surface area (Å²) < 4.78 is 35.6. The van der Waals surface area contributed by atoms with Crippen LogP contribution in [0.1, 0.15) is 97.1 Å². The first-order valence-corrected chi connectivity index (χ1v) is 20.2. The molecule has 1 aliphatic heterocycles. The normalized spacial score (nSPS) is 32.5. The molecule has 11 atom stereocenters. The van der Waals surface area contributed by atoms with Gasteiger partial charge in [0.15, 0.2) is 23.6 Å². The molecule has 330 valence electrons. The summed E-state index contributed by atoms with van der Waals surface area (Å²) in [5.74, 6) is -6.30. The van der Waals surface area contributed by atoms with E-state index in [9.17, 15) is 39.3 Å². The maximum atomic E-state index is 15.5. The quantitative estimate of drug-likeness (QED) is 0.160. The zero-order valence-electron chi connectivity index (χ0n) is 35.8. The van der Waals surface area contributed by atoms with Crippen LogP contribution in [0.25, 0.3) is 0 Å². The van der Waals surface area contributed by atoms with Crippen molar-refractivity contribution in [1.82, 2.24) is 5.32 Å². The second-order valence-corrected chi connectivity index (χ2v) is 18.2. The lowest BCUT2D eigenvalue weighted by Crippen LogP contribution is -2.82. The van der Waals surface area contributed by atoms with Crippen molar-refractivity contribution in [2.45, 2.75) is 135 Å². The van der Waals surface area contributed by atoms with Crippen molar-refractivity contribution in [2.24, 2.45) is 16.7 Å². The minimum Gasteiger partial charge on any atom is -0.456 e. The van der Waals surface area contributed by atoms with Crippen LogP contribution in [-0.4, -0.2) is 111 Å². The molecule has 3 aliphatic carbocycles. The molecule has 3 fully saturated rings. The first-order chi connectivity index (χ1) is 28.4. The number of hydrogen-bond donors (Lipinski definition) is 4. The van der Waals surface area contributed by atoms with E-state index in [-0.39, 0.29) is 29.7 Å². The van der Waals surface area contributed by atoms with Gasteiger partial charge in [0.25, 0.3) is 0 Å². The van der Waals surface area contributed by atoms with Gasteiger partial charge in [0.1, 0.15) is 29.5 Å². The van der Waals surface area contributed by atoms with Gasteiger partial charge < -0.3 is 49.1 Å². The lowest BCUT2D eigenvalue weighted by Gasteiger charge is -2.67. The van der Waals surface area contributed by atoms with Crippen molar-refractivity contribution >= 4 is 35.8 Å². The highest BCUT2D eigenvalue weighted by molar-refractivity contribution is 5.95. The molecule has 2 bridgehead atoms. The van der Waals surface area contributed by atoms with Crippen molar-refractivity contribution in [3.63, 3.8) is 0 Å². The van der Waals surface area contributed by atoms with Crippen LogP contribution in [0, 0.1) is 16.7 Å². The Morgan fingerprint density at radius 3 is 2.05 bits per heavy atom. The van der Waals surface area contributed by atoms with E-state index in [1.807, 2.05) is 0 Å². The number of aliphatic hydroxyl groups excluding tert-OH is 2. The minimum atomic E-state index is -2.40. The number of alkyl carbamates (subject to hydrolysis) is 1. The molecule has 61 heavy (non-hydrogen) atoms. The predicted octanol–water partition coefficient (Wildman–Crippen LogP) is 3.83. The highest BCUT2D eigenvalue weighted by Crippen LogP contribution is 2.64. The predicted molar refractivity (Wildman–Crippen MR) is 213 cm³/mol. The third-order valence-electron chi connectivity index (χ3n) is 12.8. The monoisotopic (exact) mass is 849 g/mol. The number of esters is 4. The molecule has 6 rings (SSSR count). The maximum absolute atomic E-state index is 15.5. The number of fused-ring (bicyclic) bond motifs is 5. The number of carbonyl (C=O) groups excluding carboxylic acids is 6. The number of ketones is 1. The molecule has 2 saturated carbocycles. The molecule has 1 amide bonds. The number of amides is 1. The van der Waals surface area contributed by atoms with Gasteiger partial charge in [-0.25, -0.2) is 14.4 Å². The Hall–Kier alpha value is -5.16. The second-order valence-electron chi connectivity index (χ2n) is 18.2.